The number of hydrogen-bond donors (Lipinski definition) is 3. The van der Waals surface area contributed by atoms with Crippen molar-refractivity contribution in [1.82, 2.24) is 0 Å². The molecular formula is C58H112O17P2. The van der Waals surface area contributed by atoms with Crippen molar-refractivity contribution in [3.63, 3.8) is 0 Å². The minimum absolute atomic E-state index is 0.102. The van der Waals surface area contributed by atoms with Gasteiger partial charge >= 0.3 is 39.5 Å². The summed E-state index contributed by atoms with van der Waals surface area (Å²) in [5.74, 6) is -0.694. The molecule has 0 saturated heterocycles. The highest BCUT2D eigenvalue weighted by molar-refractivity contribution is 7.47. The molecule has 0 bridgehead atoms. The van der Waals surface area contributed by atoms with E-state index in [1.807, 2.05) is 0 Å². The van der Waals surface area contributed by atoms with E-state index in [0.717, 1.165) is 121 Å². The highest BCUT2D eigenvalue weighted by Crippen LogP contribution is 2.45. The van der Waals surface area contributed by atoms with Crippen LogP contribution in [0.15, 0.2) is 0 Å². The Balaban J connectivity index is 5.13. The van der Waals surface area contributed by atoms with Crippen molar-refractivity contribution in [2.24, 2.45) is 11.8 Å². The maximum Gasteiger partial charge on any atom is 0.472 e. The molecule has 0 saturated carbocycles. The third-order valence-corrected chi connectivity index (χ3v) is 15.1. The van der Waals surface area contributed by atoms with Crippen LogP contribution in [0.25, 0.3) is 0 Å². The Hall–Kier alpha value is -1.94. The fraction of sp³-hybridized carbons (Fsp3) is 0.931. The second kappa shape index (κ2) is 51.0. The van der Waals surface area contributed by atoms with Gasteiger partial charge in [-0.25, -0.2) is 9.13 Å². The molecule has 0 amide bonds. The smallest absolute Gasteiger partial charge is 0.462 e. The second-order valence-corrected chi connectivity index (χ2v) is 24.9. The summed E-state index contributed by atoms with van der Waals surface area (Å²) in [7, 11) is -9.86. The molecule has 0 heterocycles. The number of phosphoric ester groups is 2. The van der Waals surface area contributed by atoms with Crippen LogP contribution in [0.5, 0.6) is 0 Å². The Labute approximate surface area is 467 Å². The van der Waals surface area contributed by atoms with E-state index < -0.39 is 97.5 Å². The van der Waals surface area contributed by atoms with Crippen LogP contribution in [-0.2, 0) is 65.4 Å². The number of unbranched alkanes of at least 4 members (excludes halogenated alkanes) is 27. The first kappa shape index (κ1) is 75.1. The van der Waals surface area contributed by atoms with E-state index in [1.54, 1.807) is 0 Å². The first-order valence-corrected chi connectivity index (χ1v) is 33.5. The van der Waals surface area contributed by atoms with Gasteiger partial charge in [0.15, 0.2) is 12.2 Å². The molecule has 0 aliphatic carbocycles. The number of carbonyl (C=O) groups is 4. The number of carbonyl (C=O) groups excluding carboxylic acids is 4. The standard InChI is InChI=1S/C58H112O17P2/c1-7-9-11-13-21-30-36-42-57(62)74-53(46-68-55(60)40-34-26-12-10-8-2)48-72-76(64,65)70-44-52(59)45-71-77(66,67)73-49-54(47-69-56(61)41-35-29-25-24-28-33-39-51(5)6)75-58(63)43-37-31-23-20-18-16-14-15-17-19-22-27-32-38-50(3)4/h50-54,59H,7-49H2,1-6H3,(H,64,65)(H,66,67)/t52-,53+,54+/m0/s1. The largest absolute Gasteiger partial charge is 0.472 e. The van der Waals surface area contributed by atoms with Crippen LogP contribution >= 0.6 is 15.6 Å². The fourth-order valence-electron chi connectivity index (χ4n) is 8.47. The summed E-state index contributed by atoms with van der Waals surface area (Å²) in [6.07, 6.45) is 31.4. The Kier molecular flexibility index (Phi) is 49.7. The van der Waals surface area contributed by atoms with Crippen LogP contribution in [-0.4, -0.2) is 96.7 Å². The Morgan fingerprint density at radius 2 is 0.597 bits per heavy atom. The van der Waals surface area contributed by atoms with Crippen molar-refractivity contribution >= 4 is 39.5 Å². The van der Waals surface area contributed by atoms with Crippen molar-refractivity contribution in [2.75, 3.05) is 39.6 Å². The highest BCUT2D eigenvalue weighted by Gasteiger charge is 2.30. The Morgan fingerprint density at radius 1 is 0.351 bits per heavy atom. The third-order valence-electron chi connectivity index (χ3n) is 13.2. The number of ether oxygens (including phenoxy) is 4. The van der Waals surface area contributed by atoms with Gasteiger partial charge in [0.25, 0.3) is 0 Å². The zero-order valence-corrected chi connectivity index (χ0v) is 51.0. The van der Waals surface area contributed by atoms with E-state index in [1.165, 1.54) is 70.6 Å². The Bertz CT molecular complexity index is 1530. The summed E-state index contributed by atoms with van der Waals surface area (Å²) in [6.45, 7) is 9.25. The van der Waals surface area contributed by atoms with E-state index in [-0.39, 0.29) is 25.7 Å². The first-order valence-electron chi connectivity index (χ1n) is 30.5. The third kappa shape index (κ3) is 53.2. The molecule has 19 heteroatoms. The Morgan fingerprint density at radius 3 is 0.883 bits per heavy atom. The van der Waals surface area contributed by atoms with Crippen molar-refractivity contribution in [3.05, 3.63) is 0 Å². The van der Waals surface area contributed by atoms with Gasteiger partial charge in [0.2, 0.25) is 0 Å². The first-order chi connectivity index (χ1) is 36.9. The maximum atomic E-state index is 12.9. The molecule has 77 heavy (non-hydrogen) atoms. The number of aliphatic hydroxyl groups excluding tert-OH is 1. The van der Waals surface area contributed by atoms with Gasteiger partial charge in [-0.2, -0.15) is 0 Å². The number of aliphatic hydroxyl groups is 1. The van der Waals surface area contributed by atoms with Gasteiger partial charge in [-0.3, -0.25) is 37.3 Å². The van der Waals surface area contributed by atoms with Crippen molar-refractivity contribution < 1.29 is 80.2 Å². The summed E-state index contributed by atoms with van der Waals surface area (Å²) in [5, 5.41) is 10.5. The highest BCUT2D eigenvalue weighted by atomic mass is 31.2. The van der Waals surface area contributed by atoms with E-state index in [0.29, 0.717) is 31.6 Å². The van der Waals surface area contributed by atoms with Crippen molar-refractivity contribution in [3.8, 4) is 0 Å². The van der Waals surface area contributed by atoms with Gasteiger partial charge in [0, 0.05) is 25.7 Å². The van der Waals surface area contributed by atoms with Crippen LogP contribution in [0.1, 0.15) is 279 Å². The van der Waals surface area contributed by atoms with Gasteiger partial charge in [0.1, 0.15) is 19.3 Å². The number of esters is 4. The van der Waals surface area contributed by atoms with Gasteiger partial charge in [-0.05, 0) is 37.5 Å². The molecule has 2 unspecified atom stereocenters. The lowest BCUT2D eigenvalue weighted by Gasteiger charge is -2.21. The zero-order valence-electron chi connectivity index (χ0n) is 49.2. The van der Waals surface area contributed by atoms with E-state index in [4.69, 9.17) is 37.0 Å². The molecule has 0 aromatic rings. The van der Waals surface area contributed by atoms with Crippen molar-refractivity contribution in [2.45, 2.75) is 297 Å². The molecule has 3 N–H and O–H groups in total. The predicted molar refractivity (Wildman–Crippen MR) is 303 cm³/mol. The molecule has 17 nitrogen and oxygen atoms in total. The lowest BCUT2D eigenvalue weighted by Crippen LogP contribution is -2.30. The average Bonchev–Trinajstić information content (AvgIpc) is 3.38. The monoisotopic (exact) mass is 1140 g/mol. The topological polar surface area (TPSA) is 237 Å². The van der Waals surface area contributed by atoms with E-state index in [9.17, 15) is 43.2 Å². The van der Waals surface area contributed by atoms with E-state index in [2.05, 4.69) is 41.5 Å². The molecule has 0 rings (SSSR count). The fourth-order valence-corrected chi connectivity index (χ4v) is 10.0. The van der Waals surface area contributed by atoms with Crippen LogP contribution in [0.2, 0.25) is 0 Å². The molecule has 0 spiro atoms. The lowest BCUT2D eigenvalue weighted by atomic mass is 10.0. The summed E-state index contributed by atoms with van der Waals surface area (Å²) < 4.78 is 67.4. The SMILES string of the molecule is CCCCCCCCCC(=O)O[C@H](COC(=O)CCCCCCC)COP(=O)(O)OC[C@H](O)COP(=O)(O)OC[C@@H](COC(=O)CCCCCCCCC(C)C)OC(=O)CCCCCCCCCCCCCCCC(C)C. The van der Waals surface area contributed by atoms with Crippen molar-refractivity contribution in [1.29, 1.82) is 0 Å². The van der Waals surface area contributed by atoms with Gasteiger partial charge < -0.3 is 33.8 Å². The molecular weight excluding hydrogens is 1030 g/mol. The van der Waals surface area contributed by atoms with Gasteiger partial charge in [-0.15, -0.1) is 0 Å². The molecule has 5 atom stereocenters. The molecule has 0 aromatic heterocycles. The molecule has 0 fully saturated rings. The van der Waals surface area contributed by atoms with Crippen LogP contribution in [0.3, 0.4) is 0 Å². The molecule has 0 radical (unpaired) electrons. The molecule has 0 aliphatic rings. The predicted octanol–water partition coefficient (Wildman–Crippen LogP) is 15.3. The summed E-state index contributed by atoms with van der Waals surface area (Å²) >= 11 is 0. The minimum Gasteiger partial charge on any atom is -0.462 e. The molecule has 0 aliphatic heterocycles. The average molecular weight is 1140 g/mol. The quantitative estimate of drug-likeness (QED) is 0.0222. The maximum absolute atomic E-state index is 12.9. The lowest BCUT2D eigenvalue weighted by molar-refractivity contribution is -0.161. The summed E-state index contributed by atoms with van der Waals surface area (Å²) in [6, 6.07) is 0. The van der Waals surface area contributed by atoms with Crippen LogP contribution in [0, 0.1) is 11.8 Å². The zero-order chi connectivity index (χ0) is 57.3. The minimum atomic E-state index is -4.94. The normalized spacial score (nSPS) is 14.5. The second-order valence-electron chi connectivity index (χ2n) is 22.0. The van der Waals surface area contributed by atoms with E-state index >= 15 is 0 Å². The van der Waals surface area contributed by atoms with Gasteiger partial charge in [0.05, 0.1) is 26.4 Å². The number of hydrogen-bond acceptors (Lipinski definition) is 15. The number of rotatable bonds is 57. The van der Waals surface area contributed by atoms with Crippen LogP contribution in [0.4, 0.5) is 0 Å². The molecule has 456 valence electrons. The molecule has 0 aromatic carbocycles. The number of phosphoric acid groups is 2. The summed E-state index contributed by atoms with van der Waals surface area (Å²) in [4.78, 5) is 71.5. The summed E-state index contributed by atoms with van der Waals surface area (Å²) in [5.41, 5.74) is 0. The van der Waals surface area contributed by atoms with Crippen LogP contribution < -0.4 is 0 Å². The van der Waals surface area contributed by atoms with Gasteiger partial charge in [-0.1, -0.05) is 228 Å².